The van der Waals surface area contributed by atoms with Crippen LogP contribution in [0.2, 0.25) is 0 Å². The summed E-state index contributed by atoms with van der Waals surface area (Å²) in [4.78, 5) is 12.4. The summed E-state index contributed by atoms with van der Waals surface area (Å²) < 4.78 is 24.7. The molecule has 0 spiro atoms. The minimum Gasteiger partial charge on any atom is -0.258 e. The van der Waals surface area contributed by atoms with E-state index in [0.29, 0.717) is 18.6 Å². The van der Waals surface area contributed by atoms with Gasteiger partial charge in [-0.25, -0.2) is 4.83 Å². The minimum atomic E-state index is -3.88. The van der Waals surface area contributed by atoms with E-state index in [1.807, 2.05) is 37.3 Å². The van der Waals surface area contributed by atoms with Crippen LogP contribution in [0.1, 0.15) is 24.5 Å². The molecule has 2 rings (SSSR count). The summed E-state index contributed by atoms with van der Waals surface area (Å²) in [7, 11) is -3.88. The normalized spacial score (nSPS) is 12.0. The number of hydrazone groups is 1. The van der Waals surface area contributed by atoms with Gasteiger partial charge in [-0.2, -0.15) is 13.5 Å². The molecule has 0 aliphatic heterocycles. The second-order valence-electron chi connectivity index (χ2n) is 5.49. The number of sulfonamides is 1. The molecule has 0 aromatic heterocycles. The van der Waals surface area contributed by atoms with Crippen molar-refractivity contribution in [2.24, 2.45) is 5.10 Å². The first-order chi connectivity index (χ1) is 11.8. The Bertz CT molecular complexity index is 893. The zero-order chi connectivity index (χ0) is 18.4. The predicted molar refractivity (Wildman–Crippen MR) is 96.0 cm³/mol. The summed E-state index contributed by atoms with van der Waals surface area (Å²) in [6.07, 6.45) is 1.13. The maximum Gasteiger partial charge on any atom is 0.276 e. The molecule has 0 saturated heterocycles. The lowest BCUT2D eigenvalue weighted by Gasteiger charge is -2.08. The van der Waals surface area contributed by atoms with Gasteiger partial charge in [-0.05, 0) is 31.0 Å². The molecule has 0 radical (unpaired) electrons. The van der Waals surface area contributed by atoms with Crippen LogP contribution in [0, 0.1) is 17.0 Å². The van der Waals surface area contributed by atoms with Gasteiger partial charge in [0.05, 0.1) is 9.82 Å². The zero-order valence-electron chi connectivity index (χ0n) is 14.0. The summed E-state index contributed by atoms with van der Waals surface area (Å²) in [6, 6.07) is 13.3. The number of nitrogens with one attached hydrogen (secondary N) is 1. The summed E-state index contributed by atoms with van der Waals surface area (Å²) >= 11 is 0. The second-order valence-corrected chi connectivity index (χ2v) is 7.15. The zero-order valence-corrected chi connectivity index (χ0v) is 14.8. The Balaban J connectivity index is 2.19. The highest BCUT2D eigenvalue weighted by atomic mass is 32.2. The quantitative estimate of drug-likeness (QED) is 0.465. The second kappa shape index (κ2) is 7.89. The molecule has 0 saturated carbocycles. The summed E-state index contributed by atoms with van der Waals surface area (Å²) in [5.41, 5.74) is 1.87. The maximum absolute atomic E-state index is 12.4. The van der Waals surface area contributed by atoms with Crippen molar-refractivity contribution in [1.29, 1.82) is 0 Å². The molecule has 0 heterocycles. The van der Waals surface area contributed by atoms with E-state index in [2.05, 4.69) is 9.93 Å². The lowest BCUT2D eigenvalue weighted by molar-refractivity contribution is -0.385. The topological polar surface area (TPSA) is 102 Å². The van der Waals surface area contributed by atoms with E-state index in [4.69, 9.17) is 0 Å². The Morgan fingerprint density at radius 1 is 1.20 bits per heavy atom. The lowest BCUT2D eigenvalue weighted by Crippen LogP contribution is -2.21. The number of hydrogen-bond donors (Lipinski definition) is 1. The SMILES string of the molecule is CC/C(Cc1ccccc1)=N\NS(=O)(=O)c1ccc([N+](=O)[O-])c(C)c1. The highest BCUT2D eigenvalue weighted by Crippen LogP contribution is 2.21. The van der Waals surface area contributed by atoms with Gasteiger partial charge in [0.25, 0.3) is 15.7 Å². The number of nitrogens with zero attached hydrogens (tertiary/aromatic N) is 2. The lowest BCUT2D eigenvalue weighted by atomic mass is 10.1. The van der Waals surface area contributed by atoms with E-state index in [0.717, 1.165) is 5.56 Å². The average molecular weight is 361 g/mol. The smallest absolute Gasteiger partial charge is 0.258 e. The molecule has 7 nitrogen and oxygen atoms in total. The summed E-state index contributed by atoms with van der Waals surface area (Å²) in [5.74, 6) is 0. The van der Waals surface area contributed by atoms with Crippen LogP contribution in [0.3, 0.4) is 0 Å². The molecule has 25 heavy (non-hydrogen) atoms. The summed E-state index contributed by atoms with van der Waals surface area (Å²) in [6.45, 7) is 3.39. The highest BCUT2D eigenvalue weighted by Gasteiger charge is 2.18. The van der Waals surface area contributed by atoms with Crippen molar-refractivity contribution in [3.63, 3.8) is 0 Å². The molecule has 8 heteroatoms. The number of nitro benzene ring substituents is 1. The molecule has 1 N–H and O–H groups in total. The molecule has 0 amide bonds. The standard InChI is InChI=1S/C17H19N3O4S/c1-3-15(12-14-7-5-4-6-8-14)18-19-25(23,24)16-9-10-17(20(21)22)13(2)11-16/h4-11,19H,3,12H2,1-2H3/b18-15+. The molecule has 0 unspecified atom stereocenters. The van der Waals surface area contributed by atoms with Crippen molar-refractivity contribution >= 4 is 21.4 Å². The molecule has 0 fully saturated rings. The fraction of sp³-hybridized carbons (Fsp3) is 0.235. The van der Waals surface area contributed by atoms with Crippen LogP contribution in [-0.4, -0.2) is 19.1 Å². The van der Waals surface area contributed by atoms with Crippen molar-refractivity contribution < 1.29 is 13.3 Å². The van der Waals surface area contributed by atoms with Crippen LogP contribution in [0.15, 0.2) is 58.5 Å². The van der Waals surface area contributed by atoms with Gasteiger partial charge in [0.1, 0.15) is 0 Å². The van der Waals surface area contributed by atoms with Gasteiger partial charge in [-0.15, -0.1) is 0 Å². The van der Waals surface area contributed by atoms with Gasteiger partial charge >= 0.3 is 0 Å². The number of rotatable bonds is 7. The predicted octanol–water partition coefficient (Wildman–Crippen LogP) is 3.19. The largest absolute Gasteiger partial charge is 0.276 e. The van der Waals surface area contributed by atoms with Crippen LogP contribution in [0.4, 0.5) is 5.69 Å². The fourth-order valence-corrected chi connectivity index (χ4v) is 3.19. The van der Waals surface area contributed by atoms with Crippen molar-refractivity contribution in [3.05, 3.63) is 69.8 Å². The third-order valence-electron chi connectivity index (χ3n) is 3.66. The van der Waals surface area contributed by atoms with Crippen molar-refractivity contribution in [3.8, 4) is 0 Å². The van der Waals surface area contributed by atoms with Gasteiger partial charge < -0.3 is 0 Å². The van der Waals surface area contributed by atoms with Gasteiger partial charge in [-0.1, -0.05) is 37.3 Å². The van der Waals surface area contributed by atoms with Gasteiger partial charge in [0.15, 0.2) is 0 Å². The Morgan fingerprint density at radius 2 is 1.88 bits per heavy atom. The van der Waals surface area contributed by atoms with E-state index in [-0.39, 0.29) is 16.1 Å². The Morgan fingerprint density at radius 3 is 2.44 bits per heavy atom. The van der Waals surface area contributed by atoms with Crippen molar-refractivity contribution in [2.75, 3.05) is 0 Å². The van der Waals surface area contributed by atoms with Crippen LogP contribution in [-0.2, 0) is 16.4 Å². The number of nitro groups is 1. The minimum absolute atomic E-state index is 0.0606. The average Bonchev–Trinajstić information content (AvgIpc) is 2.59. The third kappa shape index (κ3) is 4.87. The Labute approximate surface area is 146 Å². The first-order valence-corrected chi connectivity index (χ1v) is 9.18. The van der Waals surface area contributed by atoms with Crippen LogP contribution in [0.25, 0.3) is 0 Å². The highest BCUT2D eigenvalue weighted by molar-refractivity contribution is 7.89. The van der Waals surface area contributed by atoms with Crippen LogP contribution >= 0.6 is 0 Å². The molecule has 0 aliphatic rings. The van der Waals surface area contributed by atoms with Gasteiger partial charge in [0.2, 0.25) is 0 Å². The van der Waals surface area contributed by atoms with Crippen LogP contribution in [0.5, 0.6) is 0 Å². The monoisotopic (exact) mass is 361 g/mol. The van der Waals surface area contributed by atoms with Crippen LogP contribution < -0.4 is 4.83 Å². The van der Waals surface area contributed by atoms with Crippen molar-refractivity contribution in [1.82, 2.24) is 4.83 Å². The molecule has 2 aromatic carbocycles. The molecule has 2 aromatic rings. The third-order valence-corrected chi connectivity index (χ3v) is 4.86. The molecule has 0 aliphatic carbocycles. The molecule has 132 valence electrons. The first-order valence-electron chi connectivity index (χ1n) is 7.69. The number of aryl methyl sites for hydroxylation is 1. The number of hydrogen-bond acceptors (Lipinski definition) is 5. The van der Waals surface area contributed by atoms with Gasteiger partial charge in [-0.3, -0.25) is 10.1 Å². The van der Waals surface area contributed by atoms with E-state index < -0.39 is 14.9 Å². The molecule has 0 atom stereocenters. The van der Waals surface area contributed by atoms with E-state index in [9.17, 15) is 18.5 Å². The van der Waals surface area contributed by atoms with E-state index >= 15 is 0 Å². The van der Waals surface area contributed by atoms with Crippen molar-refractivity contribution in [2.45, 2.75) is 31.6 Å². The molecular formula is C17H19N3O4S. The van der Waals surface area contributed by atoms with Gasteiger partial charge in [0, 0.05) is 23.8 Å². The molecular weight excluding hydrogens is 342 g/mol. The Hall–Kier alpha value is -2.74. The maximum atomic E-state index is 12.4. The first kappa shape index (κ1) is 18.6. The Kier molecular flexibility index (Phi) is 5.87. The van der Waals surface area contributed by atoms with E-state index in [1.165, 1.54) is 25.1 Å². The fourth-order valence-electron chi connectivity index (χ4n) is 2.25. The van der Waals surface area contributed by atoms with E-state index in [1.54, 1.807) is 0 Å². The number of benzene rings is 2. The molecule has 0 bridgehead atoms. The summed E-state index contributed by atoms with van der Waals surface area (Å²) in [5, 5.41) is 14.8.